The van der Waals surface area contributed by atoms with E-state index in [9.17, 15) is 0 Å². The van der Waals surface area contributed by atoms with Crippen molar-refractivity contribution in [2.75, 3.05) is 0 Å². The molecule has 0 aromatic heterocycles. The molecule has 0 aliphatic rings. The Labute approximate surface area is 101 Å². The van der Waals surface area contributed by atoms with Gasteiger partial charge in [-0.05, 0) is 0 Å². The fourth-order valence-corrected chi connectivity index (χ4v) is 0.642. The summed E-state index contributed by atoms with van der Waals surface area (Å²) in [5.74, 6) is 0. The number of rotatable bonds is 0. The molecular formula is C12H10FeO2+4. The van der Waals surface area contributed by atoms with Gasteiger partial charge in [0.05, 0.1) is 0 Å². The number of hydrogen-bond donors (Lipinski definition) is 0. The van der Waals surface area contributed by atoms with Gasteiger partial charge >= 0.3 is 39.7 Å². The normalized spacial score (nSPS) is 5.60. The topological polar surface area (TPSA) is 39.8 Å². The van der Waals surface area contributed by atoms with Crippen LogP contribution in [0, 0.1) is 13.3 Å². The summed E-state index contributed by atoms with van der Waals surface area (Å²) in [5.41, 5.74) is 0. The summed E-state index contributed by atoms with van der Waals surface area (Å²) in [7, 11) is 0. The number of hydrogen-bond acceptors (Lipinski definition) is 0. The quantitative estimate of drug-likeness (QED) is 0.387. The molecule has 0 unspecified atom stereocenters. The summed E-state index contributed by atoms with van der Waals surface area (Å²) in [5, 5.41) is 0. The third-order valence-corrected chi connectivity index (χ3v) is 1.11. The van der Waals surface area contributed by atoms with Gasteiger partial charge in [-0.2, -0.15) is 36.4 Å². The first kappa shape index (κ1) is 19.3. The molecule has 0 radical (unpaired) electrons. The summed E-state index contributed by atoms with van der Waals surface area (Å²) >= 11 is 0. The van der Waals surface area contributed by atoms with Crippen LogP contribution >= 0.6 is 0 Å². The standard InChI is InChI=1S/2C5H5.2CO.Fe/c2*1-2-4-5-3-1;2*1-2;/h2*1-5H;;;/q2*-1;;;+6. The minimum atomic E-state index is 0. The Morgan fingerprint density at radius 3 is 0.867 bits per heavy atom. The molecule has 0 saturated carbocycles. The molecule has 2 rings (SSSR count). The molecule has 15 heavy (non-hydrogen) atoms. The molecule has 0 aliphatic heterocycles. The molecule has 0 N–H and O–H groups in total. The molecule has 0 aliphatic carbocycles. The molecule has 0 spiro atoms. The third kappa shape index (κ3) is 19.2. The minimum Gasteiger partial charge on any atom is -0.214 e. The Morgan fingerprint density at radius 1 is 0.600 bits per heavy atom. The van der Waals surface area contributed by atoms with Crippen molar-refractivity contribution in [3.8, 4) is 0 Å². The van der Waals surface area contributed by atoms with Gasteiger partial charge in [0.25, 0.3) is 0 Å². The maximum absolute atomic E-state index is 7.50. The first-order chi connectivity index (χ1) is 7.00. The van der Waals surface area contributed by atoms with E-state index in [-0.39, 0.29) is 17.1 Å². The summed E-state index contributed by atoms with van der Waals surface area (Å²) in [6.45, 7) is 9.00. The average molecular weight is 242 g/mol. The molecule has 0 fully saturated rings. The molecule has 0 saturated heterocycles. The van der Waals surface area contributed by atoms with Gasteiger partial charge < -0.3 is 0 Å². The smallest absolute Gasteiger partial charge is 0.214 e. The van der Waals surface area contributed by atoms with E-state index in [1.54, 1.807) is 0 Å². The van der Waals surface area contributed by atoms with E-state index in [0.717, 1.165) is 0 Å². The van der Waals surface area contributed by atoms with Crippen molar-refractivity contribution in [3.63, 3.8) is 0 Å². The second-order valence-corrected chi connectivity index (χ2v) is 1.92. The van der Waals surface area contributed by atoms with Crippen LogP contribution in [0.25, 0.3) is 0 Å². The van der Waals surface area contributed by atoms with E-state index >= 15 is 0 Å². The average Bonchev–Trinajstić information content (AvgIpc) is 3.01. The Bertz CT molecular complexity index is 213. The van der Waals surface area contributed by atoms with Gasteiger partial charge in [0.15, 0.2) is 0 Å². The molecule has 0 atom stereocenters. The second-order valence-electron chi connectivity index (χ2n) is 1.92. The van der Waals surface area contributed by atoms with Crippen LogP contribution in [-0.4, -0.2) is 0 Å². The van der Waals surface area contributed by atoms with Crippen LogP contribution in [0.15, 0.2) is 60.7 Å². The van der Waals surface area contributed by atoms with Crippen LogP contribution in [0.1, 0.15) is 0 Å². The maximum atomic E-state index is 7.50. The molecule has 0 bridgehead atoms. The molecule has 2 aromatic carbocycles. The van der Waals surface area contributed by atoms with Gasteiger partial charge in [0.1, 0.15) is 0 Å². The predicted molar refractivity (Wildman–Crippen MR) is 51.9 cm³/mol. The van der Waals surface area contributed by atoms with Crippen molar-refractivity contribution in [1.82, 2.24) is 0 Å². The fraction of sp³-hybridized carbons (Fsp3) is 0. The molecule has 2 aromatic rings. The van der Waals surface area contributed by atoms with Gasteiger partial charge in [0.2, 0.25) is 0 Å². The molecular weight excluding hydrogens is 232 g/mol. The molecule has 3 heteroatoms. The van der Waals surface area contributed by atoms with Crippen LogP contribution in [0.5, 0.6) is 0 Å². The zero-order valence-corrected chi connectivity index (χ0v) is 9.05. The Morgan fingerprint density at radius 2 is 0.800 bits per heavy atom. The van der Waals surface area contributed by atoms with Crippen LogP contribution in [-0.2, 0) is 26.4 Å². The van der Waals surface area contributed by atoms with Gasteiger partial charge in [-0.3, -0.25) is 0 Å². The van der Waals surface area contributed by atoms with Gasteiger partial charge in [-0.1, -0.05) is 0 Å². The molecule has 74 valence electrons. The molecule has 0 heterocycles. The largest absolute Gasteiger partial charge is 6.00 e. The van der Waals surface area contributed by atoms with Crippen molar-refractivity contribution >= 4 is 0 Å². The first-order valence-electron chi connectivity index (χ1n) is 3.74. The van der Waals surface area contributed by atoms with Crippen LogP contribution in [0.2, 0.25) is 0 Å². The maximum Gasteiger partial charge on any atom is 6.00 e. The SMILES string of the molecule is [C-]#[O+].[C-]#[O+].[Fe+6].c1cc[cH-]c1.c1cc[cH-]c1. The van der Waals surface area contributed by atoms with Crippen LogP contribution in [0.4, 0.5) is 0 Å². The van der Waals surface area contributed by atoms with E-state index in [0.29, 0.717) is 0 Å². The molecule has 2 nitrogen and oxygen atoms in total. The van der Waals surface area contributed by atoms with Crippen molar-refractivity contribution in [3.05, 3.63) is 74.0 Å². The summed E-state index contributed by atoms with van der Waals surface area (Å²) < 4.78 is 15.0. The Balaban J connectivity index is -0.000000138. The van der Waals surface area contributed by atoms with Crippen LogP contribution in [0.3, 0.4) is 0 Å². The zero-order valence-electron chi connectivity index (χ0n) is 7.94. The second kappa shape index (κ2) is 23.0. The van der Waals surface area contributed by atoms with Gasteiger partial charge in [0, 0.05) is 0 Å². The summed E-state index contributed by atoms with van der Waals surface area (Å²) in [4.78, 5) is 0. The summed E-state index contributed by atoms with van der Waals surface area (Å²) in [6, 6.07) is 20.0. The zero-order chi connectivity index (χ0) is 11.1. The van der Waals surface area contributed by atoms with Crippen molar-refractivity contribution in [2.24, 2.45) is 0 Å². The molecule has 0 amide bonds. The Kier molecular flexibility index (Phi) is 29.6. The Hall–Kier alpha value is -1.30. The minimum absolute atomic E-state index is 0. The first-order valence-corrected chi connectivity index (χ1v) is 3.74. The van der Waals surface area contributed by atoms with Crippen molar-refractivity contribution in [2.45, 2.75) is 0 Å². The van der Waals surface area contributed by atoms with E-state index in [4.69, 9.17) is 9.30 Å². The van der Waals surface area contributed by atoms with Gasteiger partial charge in [-0.15, -0.1) is 0 Å². The van der Waals surface area contributed by atoms with E-state index in [1.165, 1.54) is 0 Å². The summed E-state index contributed by atoms with van der Waals surface area (Å²) in [6.07, 6.45) is 0. The monoisotopic (exact) mass is 242 g/mol. The van der Waals surface area contributed by atoms with E-state index < -0.39 is 0 Å². The van der Waals surface area contributed by atoms with Gasteiger partial charge in [-0.25, -0.2) is 24.3 Å². The van der Waals surface area contributed by atoms with E-state index in [2.05, 4.69) is 13.3 Å². The van der Waals surface area contributed by atoms with Crippen molar-refractivity contribution in [1.29, 1.82) is 0 Å². The van der Waals surface area contributed by atoms with E-state index in [1.807, 2.05) is 60.7 Å². The van der Waals surface area contributed by atoms with Crippen LogP contribution < -0.4 is 0 Å². The van der Waals surface area contributed by atoms with Crippen molar-refractivity contribution < 1.29 is 26.4 Å². The predicted octanol–water partition coefficient (Wildman–Crippen LogP) is 2.73. The fourth-order valence-electron chi connectivity index (χ4n) is 0.642. The third-order valence-electron chi connectivity index (χ3n) is 1.11.